The highest BCUT2D eigenvalue weighted by Gasteiger charge is 2.31. The fraction of sp³-hybridized carbons (Fsp3) is 0.348. The molecule has 0 unspecified atom stereocenters. The van der Waals surface area contributed by atoms with E-state index in [1.54, 1.807) is 4.52 Å². The third-order valence-electron chi connectivity index (χ3n) is 6.00. The molecule has 0 saturated heterocycles. The summed E-state index contributed by atoms with van der Waals surface area (Å²) in [4.78, 5) is 31.8. The molecule has 2 aromatic heterocycles. The molecule has 31 heavy (non-hydrogen) atoms. The Hall–Kier alpha value is -2.99. The summed E-state index contributed by atoms with van der Waals surface area (Å²) in [6.45, 7) is 6.08. The Morgan fingerprint density at radius 2 is 1.81 bits per heavy atom. The quantitative estimate of drug-likeness (QED) is 0.380. The van der Waals surface area contributed by atoms with Gasteiger partial charge in [-0.3, -0.25) is 4.79 Å². The number of carbonyl (C=O) groups excluding carboxylic acids is 2. The minimum absolute atomic E-state index is 0. The highest BCUT2D eigenvalue weighted by Crippen LogP contribution is 2.41. The largest absolute Gasteiger partial charge is 1.00 e. The topological polar surface area (TPSA) is 71.8 Å². The summed E-state index contributed by atoms with van der Waals surface area (Å²) in [7, 11) is 6.69. The molecule has 8 heteroatoms. The van der Waals surface area contributed by atoms with Gasteiger partial charge in [0.1, 0.15) is 6.54 Å². The molecule has 1 aliphatic rings. The Labute approximate surface area is 186 Å². The maximum Gasteiger partial charge on any atom is 0.373 e. The first kappa shape index (κ1) is 22.7. The zero-order valence-electron chi connectivity index (χ0n) is 18.3. The molecular formula is C23H25ClN4O3. The molecule has 4 aromatic rings. The number of hydrogen-bond acceptors (Lipinski definition) is 5. The summed E-state index contributed by atoms with van der Waals surface area (Å²) in [5.41, 5.74) is 5.72. The molecule has 0 fully saturated rings. The van der Waals surface area contributed by atoms with E-state index >= 15 is 0 Å². The second kappa shape index (κ2) is 7.93. The van der Waals surface area contributed by atoms with Gasteiger partial charge < -0.3 is 21.8 Å². The van der Waals surface area contributed by atoms with Crippen molar-refractivity contribution in [1.29, 1.82) is 0 Å². The lowest BCUT2D eigenvalue weighted by molar-refractivity contribution is -0.904. The highest BCUT2D eigenvalue weighted by molar-refractivity contribution is 6.19. The number of aromatic nitrogens is 2. The van der Waals surface area contributed by atoms with E-state index in [1.807, 2.05) is 19.1 Å². The van der Waals surface area contributed by atoms with Gasteiger partial charge in [0, 0.05) is 34.3 Å². The molecule has 162 valence electrons. The third-order valence-corrected chi connectivity index (χ3v) is 6.00. The molecule has 0 saturated carbocycles. The Balaban J connectivity index is 0.000000645. The molecule has 0 spiro atoms. The number of quaternary nitrogens is 1. The number of benzene rings is 2. The second-order valence-electron chi connectivity index (χ2n) is 8.66. The molecule has 0 bridgehead atoms. The first-order valence-electron chi connectivity index (χ1n) is 9.98. The van der Waals surface area contributed by atoms with Crippen molar-refractivity contribution in [3.8, 4) is 0 Å². The van der Waals surface area contributed by atoms with Crippen LogP contribution in [0, 0.1) is 6.92 Å². The molecule has 2 aromatic carbocycles. The summed E-state index contributed by atoms with van der Waals surface area (Å²) in [5, 5.41) is 8.78. The fourth-order valence-electron chi connectivity index (χ4n) is 5.14. The zero-order chi connectivity index (χ0) is 21.8. The van der Waals surface area contributed by atoms with E-state index < -0.39 is 0 Å². The molecular weight excluding hydrogens is 416 g/mol. The van der Waals surface area contributed by atoms with Crippen LogP contribution in [0.25, 0.3) is 27.1 Å². The van der Waals surface area contributed by atoms with Gasteiger partial charge >= 0.3 is 6.15 Å². The molecule has 0 atom stereocenters. The van der Waals surface area contributed by atoms with Crippen LogP contribution in [0.5, 0.6) is 0 Å². The van der Waals surface area contributed by atoms with Gasteiger partial charge in [-0.1, -0.05) is 19.1 Å². The van der Waals surface area contributed by atoms with Crippen LogP contribution in [-0.4, -0.2) is 48.1 Å². The molecule has 1 aliphatic heterocycles. The number of halogens is 1. The van der Waals surface area contributed by atoms with Crippen molar-refractivity contribution in [2.45, 2.75) is 26.8 Å². The molecule has 7 nitrogen and oxygen atoms in total. The standard InChI is InChI=1S/C22H25N4O.CO2.ClH/c1-6-15-13(2)23-25-21(15)18-10-14-11-26(4,5)12-24(3)20(14)16-8-7-9-17(19(16)18)22(25)27;2-1-3;/h7-10H,6,11-12H2,1-5H3;;1H/q+1;;/p-1. The van der Waals surface area contributed by atoms with Crippen molar-refractivity contribution < 1.29 is 26.5 Å². The second-order valence-corrected chi connectivity index (χ2v) is 8.66. The number of anilines is 1. The van der Waals surface area contributed by atoms with Crippen molar-refractivity contribution in [2.24, 2.45) is 0 Å². The van der Waals surface area contributed by atoms with Gasteiger partial charge in [0.05, 0.1) is 36.4 Å². The van der Waals surface area contributed by atoms with E-state index in [9.17, 15) is 4.79 Å². The summed E-state index contributed by atoms with van der Waals surface area (Å²) < 4.78 is 2.55. The number of nitrogens with zero attached hydrogens (tertiary/aromatic N) is 4. The van der Waals surface area contributed by atoms with Gasteiger partial charge in [0.25, 0.3) is 5.56 Å². The third kappa shape index (κ3) is 3.35. The molecule has 0 radical (unpaired) electrons. The van der Waals surface area contributed by atoms with Gasteiger partial charge in [-0.25, -0.2) is 0 Å². The minimum Gasteiger partial charge on any atom is -1.00 e. The van der Waals surface area contributed by atoms with Gasteiger partial charge in [-0.05, 0) is 25.5 Å². The summed E-state index contributed by atoms with van der Waals surface area (Å²) in [6.07, 6.45) is 1.12. The number of hydrogen-bond donors (Lipinski definition) is 0. The zero-order valence-corrected chi connectivity index (χ0v) is 19.1. The fourth-order valence-corrected chi connectivity index (χ4v) is 5.14. The number of rotatable bonds is 1. The van der Waals surface area contributed by atoms with Crippen LogP contribution in [0.2, 0.25) is 0 Å². The highest BCUT2D eigenvalue weighted by atomic mass is 35.5. The number of fused-ring (bicyclic) bond motifs is 4. The van der Waals surface area contributed by atoms with E-state index in [4.69, 9.17) is 9.59 Å². The smallest absolute Gasteiger partial charge is 0.373 e. The maximum absolute atomic E-state index is 13.2. The Kier molecular flexibility index (Phi) is 5.80. The van der Waals surface area contributed by atoms with Gasteiger partial charge in [-0.2, -0.15) is 19.2 Å². The normalized spacial score (nSPS) is 14.7. The van der Waals surface area contributed by atoms with Gasteiger partial charge in [-0.15, -0.1) is 0 Å². The van der Waals surface area contributed by atoms with Crippen LogP contribution in [0.4, 0.5) is 5.69 Å². The Morgan fingerprint density at radius 1 is 1.16 bits per heavy atom. The molecule has 0 aliphatic carbocycles. The van der Waals surface area contributed by atoms with E-state index in [-0.39, 0.29) is 24.1 Å². The predicted molar refractivity (Wildman–Crippen MR) is 116 cm³/mol. The van der Waals surface area contributed by atoms with E-state index in [2.05, 4.69) is 50.2 Å². The van der Waals surface area contributed by atoms with Gasteiger partial charge in [0.15, 0.2) is 6.67 Å². The van der Waals surface area contributed by atoms with Crippen LogP contribution in [0.15, 0.2) is 29.1 Å². The first-order valence-corrected chi connectivity index (χ1v) is 9.98. The van der Waals surface area contributed by atoms with Crippen LogP contribution in [0.3, 0.4) is 0 Å². The monoisotopic (exact) mass is 440 g/mol. The number of pyridine rings is 1. The predicted octanol–water partition coefficient (Wildman–Crippen LogP) is -0.286. The molecule has 0 amide bonds. The first-order chi connectivity index (χ1) is 14.2. The van der Waals surface area contributed by atoms with Crippen LogP contribution >= 0.6 is 0 Å². The summed E-state index contributed by atoms with van der Waals surface area (Å²) in [6, 6.07) is 8.43. The maximum atomic E-state index is 13.2. The van der Waals surface area contributed by atoms with E-state index in [0.717, 1.165) is 51.5 Å². The van der Waals surface area contributed by atoms with Crippen LogP contribution in [-0.2, 0) is 22.6 Å². The lowest BCUT2D eigenvalue weighted by atomic mass is 9.93. The van der Waals surface area contributed by atoms with E-state index in [0.29, 0.717) is 0 Å². The number of aryl methyl sites for hydroxylation is 2. The SMILES string of the molecule is CCc1c(C)nn2c(=O)c3cccc4c5c(cc(c43)c12)C[N+](C)(C)CN5C.O=C=O.[Cl-]. The van der Waals surface area contributed by atoms with Crippen molar-refractivity contribution in [2.75, 3.05) is 32.7 Å². The van der Waals surface area contributed by atoms with Crippen molar-refractivity contribution in [3.05, 3.63) is 51.4 Å². The van der Waals surface area contributed by atoms with Crippen LogP contribution < -0.4 is 22.9 Å². The van der Waals surface area contributed by atoms with Crippen molar-refractivity contribution in [1.82, 2.24) is 9.61 Å². The average molecular weight is 441 g/mol. The van der Waals surface area contributed by atoms with Gasteiger partial charge in [0.2, 0.25) is 0 Å². The lowest BCUT2D eigenvalue weighted by Gasteiger charge is -2.41. The van der Waals surface area contributed by atoms with Crippen molar-refractivity contribution >= 4 is 38.9 Å². The minimum atomic E-state index is -0.0135. The summed E-state index contributed by atoms with van der Waals surface area (Å²) >= 11 is 0. The molecule has 3 heterocycles. The summed E-state index contributed by atoms with van der Waals surface area (Å²) in [5.74, 6) is 0. The average Bonchev–Trinajstić information content (AvgIpc) is 3.01. The Morgan fingerprint density at radius 3 is 2.45 bits per heavy atom. The van der Waals surface area contributed by atoms with Crippen molar-refractivity contribution in [3.63, 3.8) is 0 Å². The molecule has 5 rings (SSSR count). The van der Waals surface area contributed by atoms with Crippen LogP contribution in [0.1, 0.15) is 23.7 Å². The lowest BCUT2D eigenvalue weighted by Crippen LogP contribution is -3.00. The molecule has 0 N–H and O–H groups in total. The Bertz CT molecular complexity index is 1390. The van der Waals surface area contributed by atoms with E-state index in [1.165, 1.54) is 22.2 Å².